The molecular formula is C18H20F3N3O. The molecule has 0 saturated carbocycles. The van der Waals surface area contributed by atoms with Gasteiger partial charge in [-0.2, -0.15) is 13.2 Å². The molecular weight excluding hydrogens is 331 g/mol. The second-order valence-corrected chi connectivity index (χ2v) is 6.28. The standard InChI is InChI=1S/C18H20F3N3O/c1-13-11-22-6-3-16(13)25-12-14-4-8-24(9-5-14)15-2-7-23-17(10-15)18(19,20)21/h2-3,6-7,10-11,14H,4-5,8-9,12H2,1H3. The minimum absolute atomic E-state index is 0.396. The predicted octanol–water partition coefficient (Wildman–Crippen LogP) is 4.10. The third-order valence-electron chi connectivity index (χ3n) is 4.46. The van der Waals surface area contributed by atoms with Crippen LogP contribution in [0.3, 0.4) is 0 Å². The third-order valence-corrected chi connectivity index (χ3v) is 4.46. The zero-order valence-electron chi connectivity index (χ0n) is 14.0. The molecule has 0 aromatic carbocycles. The van der Waals surface area contributed by atoms with Gasteiger partial charge in [0, 0.05) is 42.9 Å². The smallest absolute Gasteiger partial charge is 0.433 e. The Kier molecular flexibility index (Phi) is 5.11. The first-order chi connectivity index (χ1) is 11.9. The van der Waals surface area contributed by atoms with E-state index in [1.807, 2.05) is 17.9 Å². The van der Waals surface area contributed by atoms with E-state index in [0.29, 0.717) is 31.3 Å². The summed E-state index contributed by atoms with van der Waals surface area (Å²) < 4.78 is 44.2. The van der Waals surface area contributed by atoms with Crippen LogP contribution in [0.15, 0.2) is 36.8 Å². The van der Waals surface area contributed by atoms with Crippen LogP contribution in [0.4, 0.5) is 18.9 Å². The summed E-state index contributed by atoms with van der Waals surface area (Å²) in [6.07, 6.45) is 2.04. The molecule has 134 valence electrons. The molecule has 0 radical (unpaired) electrons. The summed E-state index contributed by atoms with van der Waals surface area (Å²) in [4.78, 5) is 9.43. The Labute approximate surface area is 144 Å². The SMILES string of the molecule is Cc1cnccc1OCC1CCN(c2ccnc(C(F)(F)F)c2)CC1. The molecule has 1 aliphatic heterocycles. The maximum absolute atomic E-state index is 12.8. The van der Waals surface area contributed by atoms with Gasteiger partial charge >= 0.3 is 6.18 Å². The zero-order chi connectivity index (χ0) is 17.9. The number of anilines is 1. The predicted molar refractivity (Wildman–Crippen MR) is 88.6 cm³/mol. The summed E-state index contributed by atoms with van der Waals surface area (Å²) in [5.41, 5.74) is 0.728. The van der Waals surface area contributed by atoms with Crippen molar-refractivity contribution in [2.75, 3.05) is 24.6 Å². The lowest BCUT2D eigenvalue weighted by atomic mass is 9.97. The molecule has 3 rings (SSSR count). The van der Waals surface area contributed by atoms with Gasteiger partial charge in [0.2, 0.25) is 0 Å². The number of rotatable bonds is 4. The Morgan fingerprint density at radius 1 is 1.20 bits per heavy atom. The minimum atomic E-state index is -4.41. The van der Waals surface area contributed by atoms with Crippen LogP contribution >= 0.6 is 0 Å². The number of ether oxygens (including phenoxy) is 1. The molecule has 1 saturated heterocycles. The highest BCUT2D eigenvalue weighted by Gasteiger charge is 2.33. The van der Waals surface area contributed by atoms with Crippen LogP contribution in [0.2, 0.25) is 0 Å². The molecule has 4 nitrogen and oxygen atoms in total. The van der Waals surface area contributed by atoms with Crippen molar-refractivity contribution in [3.63, 3.8) is 0 Å². The number of halogens is 3. The average Bonchev–Trinajstić information content (AvgIpc) is 2.61. The Morgan fingerprint density at radius 2 is 1.96 bits per heavy atom. The first-order valence-corrected chi connectivity index (χ1v) is 8.25. The number of hydrogen-bond acceptors (Lipinski definition) is 4. The van der Waals surface area contributed by atoms with E-state index in [9.17, 15) is 13.2 Å². The molecule has 0 N–H and O–H groups in total. The van der Waals surface area contributed by atoms with Crippen molar-refractivity contribution < 1.29 is 17.9 Å². The molecule has 1 fully saturated rings. The van der Waals surface area contributed by atoms with Gasteiger partial charge in [0.15, 0.2) is 0 Å². The van der Waals surface area contributed by atoms with Crippen LogP contribution in [0, 0.1) is 12.8 Å². The van der Waals surface area contributed by atoms with E-state index >= 15 is 0 Å². The highest BCUT2D eigenvalue weighted by molar-refractivity contribution is 5.47. The van der Waals surface area contributed by atoms with Crippen molar-refractivity contribution in [2.24, 2.45) is 5.92 Å². The Hall–Kier alpha value is -2.31. The summed E-state index contributed by atoms with van der Waals surface area (Å²) in [5, 5.41) is 0. The molecule has 25 heavy (non-hydrogen) atoms. The number of pyridine rings is 2. The molecule has 0 atom stereocenters. The van der Waals surface area contributed by atoms with E-state index in [0.717, 1.165) is 30.2 Å². The molecule has 3 heterocycles. The summed E-state index contributed by atoms with van der Waals surface area (Å²) >= 11 is 0. The normalized spacial score (nSPS) is 16.1. The van der Waals surface area contributed by atoms with Gasteiger partial charge in [-0.3, -0.25) is 9.97 Å². The Balaban J connectivity index is 1.55. The molecule has 7 heteroatoms. The van der Waals surface area contributed by atoms with Gasteiger partial charge in [-0.15, -0.1) is 0 Å². The number of nitrogens with zero attached hydrogens (tertiary/aromatic N) is 3. The van der Waals surface area contributed by atoms with E-state index in [1.54, 1.807) is 18.5 Å². The average molecular weight is 351 g/mol. The minimum Gasteiger partial charge on any atom is -0.493 e. The second kappa shape index (κ2) is 7.29. The lowest BCUT2D eigenvalue weighted by Crippen LogP contribution is -2.35. The van der Waals surface area contributed by atoms with E-state index < -0.39 is 11.9 Å². The molecule has 2 aromatic heterocycles. The van der Waals surface area contributed by atoms with Crippen molar-refractivity contribution in [1.29, 1.82) is 0 Å². The Morgan fingerprint density at radius 3 is 2.64 bits per heavy atom. The number of aromatic nitrogens is 2. The van der Waals surface area contributed by atoms with E-state index in [2.05, 4.69) is 9.97 Å². The molecule has 2 aromatic rings. The maximum Gasteiger partial charge on any atom is 0.433 e. The molecule has 1 aliphatic rings. The fourth-order valence-corrected chi connectivity index (χ4v) is 2.96. The van der Waals surface area contributed by atoms with Crippen molar-refractivity contribution in [2.45, 2.75) is 25.9 Å². The first-order valence-electron chi connectivity index (χ1n) is 8.25. The highest BCUT2D eigenvalue weighted by atomic mass is 19.4. The molecule has 0 amide bonds. The van der Waals surface area contributed by atoms with Crippen molar-refractivity contribution in [3.05, 3.63) is 48.0 Å². The lowest BCUT2D eigenvalue weighted by Gasteiger charge is -2.33. The van der Waals surface area contributed by atoms with Gasteiger partial charge in [-0.25, -0.2) is 0 Å². The van der Waals surface area contributed by atoms with E-state index in [-0.39, 0.29) is 0 Å². The fourth-order valence-electron chi connectivity index (χ4n) is 2.96. The van der Waals surface area contributed by atoms with Crippen molar-refractivity contribution in [1.82, 2.24) is 9.97 Å². The summed E-state index contributed by atoms with van der Waals surface area (Å²) in [6, 6.07) is 4.60. The van der Waals surface area contributed by atoms with Crippen LogP contribution in [-0.4, -0.2) is 29.7 Å². The maximum atomic E-state index is 12.8. The lowest BCUT2D eigenvalue weighted by molar-refractivity contribution is -0.141. The van der Waals surface area contributed by atoms with Gasteiger partial charge in [0.25, 0.3) is 0 Å². The van der Waals surface area contributed by atoms with Gasteiger partial charge < -0.3 is 9.64 Å². The van der Waals surface area contributed by atoms with Gasteiger partial charge in [-0.05, 0) is 43.9 Å². The van der Waals surface area contributed by atoms with Gasteiger partial charge in [-0.1, -0.05) is 0 Å². The number of piperidine rings is 1. The summed E-state index contributed by atoms with van der Waals surface area (Å²) in [5.74, 6) is 1.23. The molecule has 0 bridgehead atoms. The summed E-state index contributed by atoms with van der Waals surface area (Å²) in [7, 11) is 0. The van der Waals surface area contributed by atoms with Crippen LogP contribution in [0.5, 0.6) is 5.75 Å². The second-order valence-electron chi connectivity index (χ2n) is 6.28. The van der Waals surface area contributed by atoms with Crippen LogP contribution in [-0.2, 0) is 6.18 Å². The van der Waals surface area contributed by atoms with Crippen LogP contribution < -0.4 is 9.64 Å². The van der Waals surface area contributed by atoms with Crippen molar-refractivity contribution in [3.8, 4) is 5.75 Å². The Bertz CT molecular complexity index is 713. The number of hydrogen-bond donors (Lipinski definition) is 0. The highest BCUT2D eigenvalue weighted by Crippen LogP contribution is 2.31. The van der Waals surface area contributed by atoms with Crippen LogP contribution in [0.25, 0.3) is 0 Å². The van der Waals surface area contributed by atoms with Crippen molar-refractivity contribution >= 4 is 5.69 Å². The molecule has 0 aliphatic carbocycles. The van der Waals surface area contributed by atoms with E-state index in [4.69, 9.17) is 4.74 Å². The molecule has 0 unspecified atom stereocenters. The van der Waals surface area contributed by atoms with Gasteiger partial charge in [0.1, 0.15) is 11.4 Å². The number of aryl methyl sites for hydroxylation is 1. The van der Waals surface area contributed by atoms with Crippen LogP contribution in [0.1, 0.15) is 24.1 Å². The zero-order valence-corrected chi connectivity index (χ0v) is 14.0. The monoisotopic (exact) mass is 351 g/mol. The fraction of sp³-hybridized carbons (Fsp3) is 0.444. The number of alkyl halides is 3. The van der Waals surface area contributed by atoms with E-state index in [1.165, 1.54) is 6.20 Å². The van der Waals surface area contributed by atoms with Gasteiger partial charge in [0.05, 0.1) is 6.61 Å². The first kappa shape index (κ1) is 17.5. The third kappa shape index (κ3) is 4.41. The molecule has 0 spiro atoms. The largest absolute Gasteiger partial charge is 0.493 e. The summed E-state index contributed by atoms with van der Waals surface area (Å²) in [6.45, 7) is 3.99. The topological polar surface area (TPSA) is 38.2 Å². The quantitative estimate of drug-likeness (QED) is 0.831.